The lowest BCUT2D eigenvalue weighted by Crippen LogP contribution is -2.46. The molecule has 0 aliphatic heterocycles. The summed E-state index contributed by atoms with van der Waals surface area (Å²) in [5.74, 6) is -0.0557. The topological polar surface area (TPSA) is 96.3 Å². The van der Waals surface area contributed by atoms with Gasteiger partial charge in [0, 0.05) is 19.6 Å². The van der Waals surface area contributed by atoms with E-state index < -0.39 is 23.0 Å². The van der Waals surface area contributed by atoms with Crippen LogP contribution in [0.2, 0.25) is 0 Å². The molecule has 7 heteroatoms. The van der Waals surface area contributed by atoms with Crippen LogP contribution < -0.4 is 0 Å². The van der Waals surface area contributed by atoms with Gasteiger partial charge in [0.2, 0.25) is 0 Å². The van der Waals surface area contributed by atoms with Crippen molar-refractivity contribution in [3.63, 3.8) is 0 Å². The van der Waals surface area contributed by atoms with Crippen LogP contribution in [0.4, 0.5) is 0 Å². The highest BCUT2D eigenvalue weighted by Crippen LogP contribution is 2.46. The SMILES string of the molecule is CC(C)(C)CCC(C)(C(=O)OCC(O)CN(CC(O)COC(=O)C(C)(CC(C)(C)C)CC(C)(C)C)CC1CCCCC1)C(C)(C)C. The Kier molecular flexibility index (Phi) is 15.8. The Morgan fingerprint density at radius 3 is 1.48 bits per heavy atom. The van der Waals surface area contributed by atoms with E-state index in [1.54, 1.807) is 0 Å². The quantitative estimate of drug-likeness (QED) is 0.161. The van der Waals surface area contributed by atoms with Gasteiger partial charge in [0.05, 0.1) is 10.8 Å². The van der Waals surface area contributed by atoms with Crippen LogP contribution in [-0.2, 0) is 19.1 Å². The molecule has 0 saturated heterocycles. The van der Waals surface area contributed by atoms with Crippen molar-refractivity contribution in [1.29, 1.82) is 0 Å². The first-order chi connectivity index (χ1) is 20.7. The fraction of sp³-hybridized carbons (Fsp3) is 0.949. The summed E-state index contributed by atoms with van der Waals surface area (Å²) >= 11 is 0. The molecule has 0 aromatic carbocycles. The van der Waals surface area contributed by atoms with Crippen molar-refractivity contribution in [3.8, 4) is 0 Å². The molecule has 1 aliphatic rings. The van der Waals surface area contributed by atoms with E-state index in [1.807, 2.05) is 13.8 Å². The molecule has 0 aromatic heterocycles. The zero-order valence-corrected chi connectivity index (χ0v) is 32.6. The average Bonchev–Trinajstić information content (AvgIpc) is 2.86. The van der Waals surface area contributed by atoms with Gasteiger partial charge in [0.1, 0.15) is 25.4 Å². The number of aliphatic hydroxyl groups is 2. The van der Waals surface area contributed by atoms with Crippen molar-refractivity contribution in [3.05, 3.63) is 0 Å². The van der Waals surface area contributed by atoms with Gasteiger partial charge in [-0.2, -0.15) is 0 Å². The number of nitrogens with zero attached hydrogens (tertiary/aromatic N) is 1. The van der Waals surface area contributed by atoms with Crippen LogP contribution in [0.5, 0.6) is 0 Å². The first-order valence-electron chi connectivity index (χ1n) is 18.1. The molecule has 0 amide bonds. The van der Waals surface area contributed by atoms with Gasteiger partial charge in [-0.15, -0.1) is 0 Å². The third-order valence-corrected chi connectivity index (χ3v) is 9.81. The second kappa shape index (κ2) is 17.0. The minimum atomic E-state index is -0.893. The number of hydrogen-bond donors (Lipinski definition) is 2. The van der Waals surface area contributed by atoms with E-state index in [0.717, 1.165) is 25.8 Å². The smallest absolute Gasteiger partial charge is 0.312 e. The lowest BCUT2D eigenvalue weighted by molar-refractivity contribution is -0.166. The predicted octanol–water partition coefficient (Wildman–Crippen LogP) is 8.43. The molecule has 3 atom stereocenters. The van der Waals surface area contributed by atoms with Crippen molar-refractivity contribution in [2.45, 2.75) is 167 Å². The molecule has 0 bridgehead atoms. The number of ether oxygens (including phenoxy) is 2. The molecular weight excluding hydrogens is 578 g/mol. The fourth-order valence-corrected chi connectivity index (χ4v) is 7.29. The Morgan fingerprint density at radius 1 is 0.652 bits per heavy atom. The van der Waals surface area contributed by atoms with Gasteiger partial charge in [0.15, 0.2) is 0 Å². The molecule has 0 heterocycles. The number of rotatable bonds is 16. The van der Waals surface area contributed by atoms with E-state index in [9.17, 15) is 19.8 Å². The Morgan fingerprint density at radius 2 is 1.09 bits per heavy atom. The predicted molar refractivity (Wildman–Crippen MR) is 189 cm³/mol. The van der Waals surface area contributed by atoms with Crippen molar-refractivity contribution >= 4 is 11.9 Å². The van der Waals surface area contributed by atoms with Gasteiger partial charge in [-0.1, -0.05) is 102 Å². The van der Waals surface area contributed by atoms with Crippen LogP contribution in [0.15, 0.2) is 0 Å². The van der Waals surface area contributed by atoms with Crippen molar-refractivity contribution < 1.29 is 29.3 Å². The van der Waals surface area contributed by atoms with Crippen LogP contribution >= 0.6 is 0 Å². The summed E-state index contributed by atoms with van der Waals surface area (Å²) in [6.45, 7) is 30.6. The maximum absolute atomic E-state index is 13.5. The fourth-order valence-electron chi connectivity index (χ4n) is 7.29. The number of esters is 2. The van der Waals surface area contributed by atoms with Gasteiger partial charge in [-0.05, 0) is 80.0 Å². The molecule has 46 heavy (non-hydrogen) atoms. The van der Waals surface area contributed by atoms with Gasteiger partial charge >= 0.3 is 11.9 Å². The summed E-state index contributed by atoms with van der Waals surface area (Å²) in [6.07, 6.45) is 7.08. The summed E-state index contributed by atoms with van der Waals surface area (Å²) in [5, 5.41) is 22.2. The molecule has 272 valence electrons. The van der Waals surface area contributed by atoms with Crippen LogP contribution in [0.25, 0.3) is 0 Å². The van der Waals surface area contributed by atoms with Gasteiger partial charge in [0.25, 0.3) is 0 Å². The Labute approximate surface area is 283 Å². The second-order valence-electron chi connectivity index (χ2n) is 19.9. The number of aliphatic hydroxyl groups excluding tert-OH is 2. The van der Waals surface area contributed by atoms with Crippen LogP contribution in [0.3, 0.4) is 0 Å². The largest absolute Gasteiger partial charge is 0.462 e. The van der Waals surface area contributed by atoms with E-state index in [0.29, 0.717) is 25.2 Å². The van der Waals surface area contributed by atoms with Gasteiger partial charge < -0.3 is 19.7 Å². The highest BCUT2D eigenvalue weighted by Gasteiger charge is 2.46. The van der Waals surface area contributed by atoms with E-state index in [2.05, 4.69) is 88.0 Å². The lowest BCUT2D eigenvalue weighted by Gasteiger charge is -2.41. The molecule has 1 saturated carbocycles. The minimum absolute atomic E-state index is 0.0507. The highest BCUT2D eigenvalue weighted by molar-refractivity contribution is 5.77. The van der Waals surface area contributed by atoms with Crippen molar-refractivity contribution in [2.24, 2.45) is 38.4 Å². The van der Waals surface area contributed by atoms with Gasteiger partial charge in [-0.3, -0.25) is 14.5 Å². The minimum Gasteiger partial charge on any atom is -0.462 e. The number of carbonyl (C=O) groups is 2. The summed E-state index contributed by atoms with van der Waals surface area (Å²) in [7, 11) is 0. The Balaban J connectivity index is 2.94. The Bertz CT molecular complexity index is 912. The van der Waals surface area contributed by atoms with E-state index >= 15 is 0 Å². The van der Waals surface area contributed by atoms with Crippen LogP contribution in [-0.4, -0.2) is 72.1 Å². The third kappa shape index (κ3) is 15.8. The lowest BCUT2D eigenvalue weighted by atomic mass is 9.64. The van der Waals surface area contributed by atoms with E-state index in [1.165, 1.54) is 19.3 Å². The molecule has 7 nitrogen and oxygen atoms in total. The third-order valence-electron chi connectivity index (χ3n) is 9.81. The monoisotopic (exact) mass is 654 g/mol. The molecule has 0 spiro atoms. The standard InChI is InChI=1S/C39H75NO6/c1-34(2,3)20-21-39(14,37(10,11)12)33(44)46-26-31(42)24-40(22-29-18-16-15-17-19-29)23-30(41)25-45-32(43)38(13,27-35(4,5)6)28-36(7,8)9/h29-31,41-42H,15-28H2,1-14H3. The first kappa shape index (κ1) is 42.8. The van der Waals surface area contributed by atoms with Gasteiger partial charge in [-0.25, -0.2) is 0 Å². The van der Waals surface area contributed by atoms with Crippen molar-refractivity contribution in [2.75, 3.05) is 32.8 Å². The Hall–Kier alpha value is -1.18. The molecule has 1 aliphatic carbocycles. The van der Waals surface area contributed by atoms with Crippen LogP contribution in [0.1, 0.15) is 155 Å². The average molecular weight is 654 g/mol. The molecular formula is C39H75NO6. The second-order valence-corrected chi connectivity index (χ2v) is 19.9. The molecule has 0 radical (unpaired) electrons. The van der Waals surface area contributed by atoms with Crippen LogP contribution in [0, 0.1) is 38.4 Å². The maximum atomic E-state index is 13.5. The molecule has 0 aromatic rings. The van der Waals surface area contributed by atoms with Crippen molar-refractivity contribution in [1.82, 2.24) is 4.90 Å². The summed E-state index contributed by atoms with van der Waals surface area (Å²) < 4.78 is 11.6. The summed E-state index contributed by atoms with van der Waals surface area (Å²) in [6, 6.07) is 0. The zero-order valence-electron chi connectivity index (χ0n) is 32.6. The first-order valence-corrected chi connectivity index (χ1v) is 18.1. The number of hydrogen-bond acceptors (Lipinski definition) is 7. The van der Waals surface area contributed by atoms with E-state index in [-0.39, 0.29) is 59.9 Å². The highest BCUT2D eigenvalue weighted by atomic mass is 16.5. The molecule has 1 rings (SSSR count). The zero-order chi connectivity index (χ0) is 35.8. The summed E-state index contributed by atoms with van der Waals surface area (Å²) in [4.78, 5) is 29.0. The maximum Gasteiger partial charge on any atom is 0.312 e. The molecule has 2 N–H and O–H groups in total. The molecule has 1 fully saturated rings. The number of carbonyl (C=O) groups excluding carboxylic acids is 2. The summed E-state index contributed by atoms with van der Waals surface area (Å²) in [5.41, 5.74) is -1.65. The normalized spacial score (nSPS) is 18.6. The molecule has 3 unspecified atom stereocenters. The van der Waals surface area contributed by atoms with E-state index in [4.69, 9.17) is 9.47 Å².